The lowest BCUT2D eigenvalue weighted by Gasteiger charge is -2.33. The first kappa shape index (κ1) is 18.7. The van der Waals surface area contributed by atoms with Crippen LogP contribution in [0, 0.1) is 6.92 Å². The molecule has 4 nitrogen and oxygen atoms in total. The molecule has 28 heavy (non-hydrogen) atoms. The van der Waals surface area contributed by atoms with Gasteiger partial charge in [-0.3, -0.25) is 9.59 Å². The molecule has 2 heterocycles. The summed E-state index contributed by atoms with van der Waals surface area (Å²) in [4.78, 5) is 29.5. The Hall–Kier alpha value is -2.62. The molecule has 0 saturated carbocycles. The zero-order valence-electron chi connectivity index (χ0n) is 16.6. The van der Waals surface area contributed by atoms with Gasteiger partial charge in [0.2, 0.25) is 0 Å². The number of hydrogen-bond acceptors (Lipinski definition) is 2. The van der Waals surface area contributed by atoms with Crippen molar-refractivity contribution in [2.75, 3.05) is 26.2 Å². The van der Waals surface area contributed by atoms with Crippen LogP contribution < -0.4 is 0 Å². The van der Waals surface area contributed by atoms with Gasteiger partial charge in [0.15, 0.2) is 0 Å². The van der Waals surface area contributed by atoms with Gasteiger partial charge in [-0.2, -0.15) is 0 Å². The van der Waals surface area contributed by atoms with Crippen molar-refractivity contribution in [2.24, 2.45) is 0 Å². The first-order valence-corrected chi connectivity index (χ1v) is 10.4. The molecule has 4 rings (SSSR count). The van der Waals surface area contributed by atoms with Gasteiger partial charge in [-0.05, 0) is 62.4 Å². The third-order valence-electron chi connectivity index (χ3n) is 6.01. The maximum Gasteiger partial charge on any atom is 0.253 e. The number of rotatable bonds is 3. The van der Waals surface area contributed by atoms with E-state index in [0.29, 0.717) is 6.54 Å². The molecule has 0 spiro atoms. The Morgan fingerprint density at radius 1 is 0.821 bits per heavy atom. The van der Waals surface area contributed by atoms with E-state index >= 15 is 0 Å². The van der Waals surface area contributed by atoms with E-state index in [1.54, 1.807) is 0 Å². The Balaban J connectivity index is 1.48. The Labute approximate surface area is 167 Å². The zero-order valence-corrected chi connectivity index (χ0v) is 16.6. The number of carbonyl (C=O) groups is 2. The molecule has 2 aliphatic heterocycles. The number of likely N-dealkylation sites (tertiary alicyclic amines) is 2. The molecule has 0 aromatic heterocycles. The molecule has 0 aliphatic carbocycles. The summed E-state index contributed by atoms with van der Waals surface area (Å²) < 4.78 is 0. The van der Waals surface area contributed by atoms with Crippen LogP contribution >= 0.6 is 0 Å². The van der Waals surface area contributed by atoms with Crippen LogP contribution in [0.3, 0.4) is 0 Å². The van der Waals surface area contributed by atoms with Crippen molar-refractivity contribution < 1.29 is 9.59 Å². The van der Waals surface area contributed by atoms with Crippen molar-refractivity contribution in [3.05, 3.63) is 70.8 Å². The summed E-state index contributed by atoms with van der Waals surface area (Å²) in [5.74, 6) is 0.534. The van der Waals surface area contributed by atoms with Crippen molar-refractivity contribution in [2.45, 2.75) is 38.5 Å². The number of aryl methyl sites for hydroxylation is 1. The molecule has 2 aromatic carbocycles. The van der Waals surface area contributed by atoms with Crippen molar-refractivity contribution in [3.63, 3.8) is 0 Å². The van der Waals surface area contributed by atoms with Crippen molar-refractivity contribution in [3.8, 4) is 0 Å². The SMILES string of the molecule is Cc1ccc(C(=O)N2CCC[C@H](c3cccc(C(=O)N4CCCC4)c3)C2)cc1. The highest BCUT2D eigenvalue weighted by molar-refractivity contribution is 5.95. The fraction of sp³-hybridized carbons (Fsp3) is 0.417. The lowest BCUT2D eigenvalue weighted by atomic mass is 9.89. The second-order valence-corrected chi connectivity index (χ2v) is 8.08. The number of nitrogens with zero attached hydrogens (tertiary/aromatic N) is 2. The molecule has 0 radical (unpaired) electrons. The number of piperidine rings is 1. The molecular weight excluding hydrogens is 348 g/mol. The highest BCUT2D eigenvalue weighted by Crippen LogP contribution is 2.29. The summed E-state index contributed by atoms with van der Waals surface area (Å²) in [5, 5.41) is 0. The van der Waals surface area contributed by atoms with E-state index in [-0.39, 0.29) is 17.7 Å². The third-order valence-corrected chi connectivity index (χ3v) is 6.01. The Morgan fingerprint density at radius 2 is 1.50 bits per heavy atom. The van der Waals surface area contributed by atoms with Crippen LogP contribution in [0.5, 0.6) is 0 Å². The lowest BCUT2D eigenvalue weighted by Crippen LogP contribution is -2.39. The highest BCUT2D eigenvalue weighted by atomic mass is 16.2. The van der Waals surface area contributed by atoms with Crippen LogP contribution in [0.25, 0.3) is 0 Å². The minimum absolute atomic E-state index is 0.106. The van der Waals surface area contributed by atoms with Crippen LogP contribution in [0.4, 0.5) is 0 Å². The minimum atomic E-state index is 0.106. The van der Waals surface area contributed by atoms with Gasteiger partial charge in [0.1, 0.15) is 0 Å². The van der Waals surface area contributed by atoms with E-state index in [1.807, 2.05) is 59.2 Å². The summed E-state index contributed by atoms with van der Waals surface area (Å²) >= 11 is 0. The summed E-state index contributed by atoms with van der Waals surface area (Å²) in [6.07, 6.45) is 4.25. The van der Waals surface area contributed by atoms with Gasteiger partial charge in [0, 0.05) is 43.2 Å². The average molecular weight is 377 g/mol. The van der Waals surface area contributed by atoms with Gasteiger partial charge in [0.25, 0.3) is 11.8 Å². The standard InChI is InChI=1S/C24H28N2O2/c1-18-9-11-19(12-10-18)23(27)26-15-5-8-22(17-26)20-6-4-7-21(16-20)24(28)25-13-2-3-14-25/h4,6-7,9-12,16,22H,2-3,5,8,13-15,17H2,1H3/t22-/m0/s1. The summed E-state index contributed by atoms with van der Waals surface area (Å²) in [6, 6.07) is 15.9. The highest BCUT2D eigenvalue weighted by Gasteiger charge is 2.26. The molecule has 2 fully saturated rings. The van der Waals surface area contributed by atoms with Gasteiger partial charge >= 0.3 is 0 Å². The van der Waals surface area contributed by atoms with Crippen LogP contribution in [0.15, 0.2) is 48.5 Å². The zero-order chi connectivity index (χ0) is 19.5. The first-order valence-electron chi connectivity index (χ1n) is 10.4. The fourth-order valence-electron chi connectivity index (χ4n) is 4.34. The summed E-state index contributed by atoms with van der Waals surface area (Å²) in [6.45, 7) is 5.28. The maximum absolute atomic E-state index is 12.9. The Morgan fingerprint density at radius 3 is 2.25 bits per heavy atom. The fourth-order valence-corrected chi connectivity index (χ4v) is 4.34. The van der Waals surface area contributed by atoms with Crippen molar-refractivity contribution in [1.82, 2.24) is 9.80 Å². The molecule has 0 bridgehead atoms. The van der Waals surface area contributed by atoms with Crippen molar-refractivity contribution in [1.29, 1.82) is 0 Å². The largest absolute Gasteiger partial charge is 0.339 e. The second kappa shape index (κ2) is 8.17. The molecule has 0 unspecified atom stereocenters. The van der Waals surface area contributed by atoms with E-state index in [2.05, 4.69) is 6.07 Å². The van der Waals surface area contributed by atoms with Crippen LogP contribution in [0.2, 0.25) is 0 Å². The molecule has 1 atom stereocenters. The molecule has 2 aromatic rings. The Bertz CT molecular complexity index is 853. The van der Waals surface area contributed by atoms with E-state index in [4.69, 9.17) is 0 Å². The molecule has 2 amide bonds. The van der Waals surface area contributed by atoms with Crippen LogP contribution in [0.1, 0.15) is 63.4 Å². The van der Waals surface area contributed by atoms with Gasteiger partial charge in [-0.25, -0.2) is 0 Å². The topological polar surface area (TPSA) is 40.6 Å². The molecular formula is C24H28N2O2. The summed E-state index contributed by atoms with van der Waals surface area (Å²) in [5.41, 5.74) is 3.87. The molecule has 146 valence electrons. The minimum Gasteiger partial charge on any atom is -0.339 e. The number of amides is 2. The van der Waals surface area contributed by atoms with Gasteiger partial charge in [-0.15, -0.1) is 0 Å². The lowest BCUT2D eigenvalue weighted by molar-refractivity contribution is 0.0705. The van der Waals surface area contributed by atoms with Gasteiger partial charge in [-0.1, -0.05) is 29.8 Å². The number of hydrogen-bond donors (Lipinski definition) is 0. The van der Waals surface area contributed by atoms with Gasteiger partial charge < -0.3 is 9.80 Å². The number of benzene rings is 2. The first-order chi connectivity index (χ1) is 13.6. The average Bonchev–Trinajstić information content (AvgIpc) is 3.28. The predicted molar refractivity (Wildman–Crippen MR) is 111 cm³/mol. The third kappa shape index (κ3) is 3.96. The Kier molecular flexibility index (Phi) is 5.47. The van der Waals surface area contributed by atoms with Crippen LogP contribution in [-0.4, -0.2) is 47.8 Å². The maximum atomic E-state index is 12.9. The quantitative estimate of drug-likeness (QED) is 0.803. The van der Waals surface area contributed by atoms with E-state index in [1.165, 1.54) is 5.56 Å². The molecule has 2 saturated heterocycles. The number of carbonyl (C=O) groups excluding carboxylic acids is 2. The predicted octanol–water partition coefficient (Wildman–Crippen LogP) is 4.25. The molecule has 0 N–H and O–H groups in total. The van der Waals surface area contributed by atoms with Crippen LogP contribution in [-0.2, 0) is 0 Å². The summed E-state index contributed by atoms with van der Waals surface area (Å²) in [7, 11) is 0. The smallest absolute Gasteiger partial charge is 0.253 e. The molecule has 2 aliphatic rings. The van der Waals surface area contributed by atoms with E-state index in [9.17, 15) is 9.59 Å². The monoisotopic (exact) mass is 376 g/mol. The van der Waals surface area contributed by atoms with E-state index in [0.717, 1.165) is 62.0 Å². The molecule has 4 heteroatoms. The second-order valence-electron chi connectivity index (χ2n) is 8.08. The normalized spacial score (nSPS) is 19.7. The van der Waals surface area contributed by atoms with E-state index < -0.39 is 0 Å². The van der Waals surface area contributed by atoms with Gasteiger partial charge in [0.05, 0.1) is 0 Å². The van der Waals surface area contributed by atoms with Crippen molar-refractivity contribution >= 4 is 11.8 Å².